The first-order valence-electron chi connectivity index (χ1n) is 4.00. The van der Waals surface area contributed by atoms with E-state index in [9.17, 15) is 18.0 Å². The SMILES string of the molecule is CC(C)C(=O)COCCC(F)(F)F. The van der Waals surface area contributed by atoms with Crippen molar-refractivity contribution in [3.05, 3.63) is 0 Å². The highest BCUT2D eigenvalue weighted by molar-refractivity contribution is 5.81. The van der Waals surface area contributed by atoms with Gasteiger partial charge in [-0.15, -0.1) is 0 Å². The van der Waals surface area contributed by atoms with E-state index in [1.165, 1.54) is 0 Å². The van der Waals surface area contributed by atoms with Gasteiger partial charge in [-0.2, -0.15) is 13.2 Å². The number of hydrogen-bond acceptors (Lipinski definition) is 2. The first kappa shape index (κ1) is 12.4. The minimum atomic E-state index is -4.21. The van der Waals surface area contributed by atoms with E-state index in [1.54, 1.807) is 13.8 Å². The van der Waals surface area contributed by atoms with Crippen LogP contribution in [0.25, 0.3) is 0 Å². The summed E-state index contributed by atoms with van der Waals surface area (Å²) in [6.45, 7) is 2.68. The van der Waals surface area contributed by atoms with Crippen molar-refractivity contribution in [1.29, 1.82) is 0 Å². The summed E-state index contributed by atoms with van der Waals surface area (Å²) in [5, 5.41) is 0. The number of ether oxygens (including phenoxy) is 1. The summed E-state index contributed by atoms with van der Waals surface area (Å²) in [6.07, 6.45) is -5.21. The Morgan fingerprint density at radius 1 is 1.38 bits per heavy atom. The van der Waals surface area contributed by atoms with Crippen LogP contribution in [0.3, 0.4) is 0 Å². The van der Waals surface area contributed by atoms with Gasteiger partial charge in [0.05, 0.1) is 13.0 Å². The molecule has 0 aromatic carbocycles. The Bertz CT molecular complexity index is 163. The molecule has 0 fully saturated rings. The second-order valence-corrected chi connectivity index (χ2v) is 3.04. The molecule has 0 atom stereocenters. The van der Waals surface area contributed by atoms with Crippen molar-refractivity contribution in [2.24, 2.45) is 5.92 Å². The van der Waals surface area contributed by atoms with Crippen LogP contribution in [0, 0.1) is 5.92 Å². The fourth-order valence-electron chi connectivity index (χ4n) is 0.527. The Balaban J connectivity index is 3.42. The van der Waals surface area contributed by atoms with Gasteiger partial charge in [-0.05, 0) is 0 Å². The highest BCUT2D eigenvalue weighted by Crippen LogP contribution is 2.18. The first-order valence-corrected chi connectivity index (χ1v) is 4.00. The molecule has 0 aliphatic heterocycles. The van der Waals surface area contributed by atoms with Crippen molar-refractivity contribution in [2.45, 2.75) is 26.4 Å². The van der Waals surface area contributed by atoms with Crippen molar-refractivity contribution in [1.82, 2.24) is 0 Å². The molecule has 0 N–H and O–H groups in total. The number of carbonyl (C=O) groups excluding carboxylic acids is 1. The zero-order valence-corrected chi connectivity index (χ0v) is 7.65. The van der Waals surface area contributed by atoms with Crippen molar-refractivity contribution in [2.75, 3.05) is 13.2 Å². The van der Waals surface area contributed by atoms with Crippen LogP contribution in [-0.2, 0) is 9.53 Å². The molecule has 0 bridgehead atoms. The van der Waals surface area contributed by atoms with Crippen molar-refractivity contribution in [3.8, 4) is 0 Å². The van der Waals surface area contributed by atoms with Gasteiger partial charge in [0.15, 0.2) is 5.78 Å². The summed E-state index contributed by atoms with van der Waals surface area (Å²) in [5.41, 5.74) is 0. The second kappa shape index (κ2) is 5.21. The Hall–Kier alpha value is -0.580. The lowest BCUT2D eigenvalue weighted by Gasteiger charge is -2.07. The van der Waals surface area contributed by atoms with Gasteiger partial charge < -0.3 is 4.74 Å². The molecule has 5 heteroatoms. The van der Waals surface area contributed by atoms with Crippen LogP contribution in [0.4, 0.5) is 13.2 Å². The molecule has 0 saturated heterocycles. The van der Waals surface area contributed by atoms with Crippen LogP contribution in [0.2, 0.25) is 0 Å². The molecule has 0 unspecified atom stereocenters. The molecule has 0 aromatic rings. The van der Waals surface area contributed by atoms with Crippen LogP contribution >= 0.6 is 0 Å². The number of ketones is 1. The number of hydrogen-bond donors (Lipinski definition) is 0. The molecule has 0 radical (unpaired) electrons. The maximum absolute atomic E-state index is 11.6. The Labute approximate surface area is 75.1 Å². The minimum Gasteiger partial charge on any atom is -0.373 e. The maximum atomic E-state index is 11.6. The third kappa shape index (κ3) is 7.77. The first-order chi connectivity index (χ1) is 5.83. The van der Waals surface area contributed by atoms with Gasteiger partial charge in [0.1, 0.15) is 6.61 Å². The fourth-order valence-corrected chi connectivity index (χ4v) is 0.527. The molecule has 0 aromatic heterocycles. The average molecular weight is 198 g/mol. The predicted molar refractivity (Wildman–Crippen MR) is 41.3 cm³/mol. The van der Waals surface area contributed by atoms with Gasteiger partial charge in [-0.1, -0.05) is 13.8 Å². The lowest BCUT2D eigenvalue weighted by atomic mass is 10.1. The quantitative estimate of drug-likeness (QED) is 0.633. The molecule has 78 valence electrons. The van der Waals surface area contributed by atoms with Crippen LogP contribution in [0.15, 0.2) is 0 Å². The lowest BCUT2D eigenvalue weighted by molar-refractivity contribution is -0.148. The fraction of sp³-hybridized carbons (Fsp3) is 0.875. The van der Waals surface area contributed by atoms with Crippen molar-refractivity contribution in [3.63, 3.8) is 0 Å². The second-order valence-electron chi connectivity index (χ2n) is 3.04. The topological polar surface area (TPSA) is 26.3 Å². The number of carbonyl (C=O) groups is 1. The number of Topliss-reactive ketones (excluding diaryl/α,β-unsaturated/α-hetero) is 1. The van der Waals surface area contributed by atoms with E-state index in [-0.39, 0.29) is 18.3 Å². The molecule has 0 aliphatic carbocycles. The third-order valence-electron chi connectivity index (χ3n) is 1.42. The largest absolute Gasteiger partial charge is 0.391 e. The lowest BCUT2D eigenvalue weighted by Crippen LogP contribution is -2.18. The highest BCUT2D eigenvalue weighted by Gasteiger charge is 2.26. The molecule has 0 amide bonds. The molecule has 13 heavy (non-hydrogen) atoms. The summed E-state index contributed by atoms with van der Waals surface area (Å²) in [6, 6.07) is 0. The minimum absolute atomic E-state index is 0.179. The number of rotatable bonds is 5. The Morgan fingerprint density at radius 2 is 1.92 bits per heavy atom. The third-order valence-corrected chi connectivity index (χ3v) is 1.42. The molecule has 0 rings (SSSR count). The summed E-state index contributed by atoms with van der Waals surface area (Å²) < 4.78 is 39.3. The number of alkyl halides is 3. The van der Waals surface area contributed by atoms with Gasteiger partial charge >= 0.3 is 6.18 Å². The van der Waals surface area contributed by atoms with Gasteiger partial charge in [0.25, 0.3) is 0 Å². The molecule has 0 spiro atoms. The molecular formula is C8H13F3O2. The molecule has 0 saturated carbocycles. The van der Waals surface area contributed by atoms with Gasteiger partial charge in [-0.3, -0.25) is 4.79 Å². The van der Waals surface area contributed by atoms with Gasteiger partial charge in [-0.25, -0.2) is 0 Å². The van der Waals surface area contributed by atoms with Gasteiger partial charge in [0, 0.05) is 5.92 Å². The molecule has 2 nitrogen and oxygen atoms in total. The molecular weight excluding hydrogens is 185 g/mol. The molecule has 0 aliphatic rings. The Morgan fingerprint density at radius 3 is 2.31 bits per heavy atom. The maximum Gasteiger partial charge on any atom is 0.391 e. The Kier molecular flexibility index (Phi) is 4.98. The van der Waals surface area contributed by atoms with Crippen LogP contribution < -0.4 is 0 Å². The van der Waals surface area contributed by atoms with Crippen molar-refractivity contribution < 1.29 is 22.7 Å². The monoisotopic (exact) mass is 198 g/mol. The summed E-state index contributed by atoms with van der Waals surface area (Å²) >= 11 is 0. The van der Waals surface area contributed by atoms with Crippen LogP contribution in [0.1, 0.15) is 20.3 Å². The predicted octanol–water partition coefficient (Wildman–Crippen LogP) is 2.18. The normalized spacial score (nSPS) is 12.2. The van der Waals surface area contributed by atoms with E-state index in [4.69, 9.17) is 0 Å². The van der Waals surface area contributed by atoms with Gasteiger partial charge in [0.2, 0.25) is 0 Å². The van der Waals surface area contributed by atoms with Crippen LogP contribution in [0.5, 0.6) is 0 Å². The van der Waals surface area contributed by atoms with E-state index in [2.05, 4.69) is 4.74 Å². The highest BCUT2D eigenvalue weighted by atomic mass is 19.4. The summed E-state index contributed by atoms with van der Waals surface area (Å²) in [7, 11) is 0. The standard InChI is InChI=1S/C8H13F3O2/c1-6(2)7(12)5-13-4-3-8(9,10)11/h6H,3-5H2,1-2H3. The van der Waals surface area contributed by atoms with E-state index in [0.717, 1.165) is 0 Å². The van der Waals surface area contributed by atoms with E-state index >= 15 is 0 Å². The zero-order valence-electron chi connectivity index (χ0n) is 7.65. The summed E-state index contributed by atoms with van der Waals surface area (Å²) in [4.78, 5) is 10.9. The summed E-state index contributed by atoms with van der Waals surface area (Å²) in [5.74, 6) is -0.368. The number of halogens is 3. The zero-order chi connectivity index (χ0) is 10.5. The average Bonchev–Trinajstić information content (AvgIpc) is 1.95. The molecule has 0 heterocycles. The van der Waals surface area contributed by atoms with E-state index in [1.807, 2.05) is 0 Å². The van der Waals surface area contributed by atoms with E-state index in [0.29, 0.717) is 0 Å². The smallest absolute Gasteiger partial charge is 0.373 e. The van der Waals surface area contributed by atoms with E-state index < -0.39 is 19.2 Å². The van der Waals surface area contributed by atoms with Crippen molar-refractivity contribution >= 4 is 5.78 Å². The van der Waals surface area contributed by atoms with Crippen LogP contribution in [-0.4, -0.2) is 25.2 Å².